The largest absolute Gasteiger partial charge is 0.481 e. The molecule has 1 unspecified atom stereocenters. The maximum Gasteiger partial charge on any atom is 0.309 e. The zero-order valence-corrected chi connectivity index (χ0v) is 28.2. The number of carbonyl (C=O) groups excluding carboxylic acids is 1. The van der Waals surface area contributed by atoms with Crippen LogP contribution in [0, 0.1) is 62.1 Å². The first kappa shape index (κ1) is 32.5. The van der Waals surface area contributed by atoms with Crippen molar-refractivity contribution >= 4 is 17.9 Å². The van der Waals surface area contributed by atoms with Crippen molar-refractivity contribution in [2.24, 2.45) is 62.1 Å². The van der Waals surface area contributed by atoms with Crippen molar-refractivity contribution in [1.29, 1.82) is 0 Å². The van der Waals surface area contributed by atoms with Gasteiger partial charge in [0, 0.05) is 5.41 Å². The summed E-state index contributed by atoms with van der Waals surface area (Å²) in [6.07, 6.45) is 9.79. The van der Waals surface area contributed by atoms with Gasteiger partial charge in [0.2, 0.25) is 0 Å². The second-order valence-electron chi connectivity index (χ2n) is 17.4. The van der Waals surface area contributed by atoms with Gasteiger partial charge in [-0.2, -0.15) is 0 Å². The highest BCUT2D eigenvalue weighted by Gasteiger charge is 2.72. The smallest absolute Gasteiger partial charge is 0.309 e. The van der Waals surface area contributed by atoms with E-state index < -0.39 is 28.7 Å². The molecule has 6 nitrogen and oxygen atoms in total. The van der Waals surface area contributed by atoms with Crippen molar-refractivity contribution in [3.8, 4) is 0 Å². The highest BCUT2D eigenvalue weighted by Crippen LogP contribution is 2.77. The summed E-state index contributed by atoms with van der Waals surface area (Å²) in [6, 6.07) is 0. The molecule has 0 amide bonds. The number of carboxylic acids is 2. The third kappa shape index (κ3) is 4.41. The van der Waals surface area contributed by atoms with E-state index >= 15 is 0 Å². The van der Waals surface area contributed by atoms with E-state index in [0.717, 1.165) is 69.8 Å². The average Bonchev–Trinajstić information content (AvgIpc) is 3.32. The minimum atomic E-state index is -1.11. The third-order valence-corrected chi connectivity index (χ3v) is 15.5. The number of hydrogen-bond donors (Lipinski definition) is 2. The van der Waals surface area contributed by atoms with Crippen molar-refractivity contribution in [2.75, 3.05) is 0 Å². The van der Waals surface area contributed by atoms with Crippen LogP contribution in [0.1, 0.15) is 132 Å². The molecule has 2 N–H and O–H groups in total. The van der Waals surface area contributed by atoms with E-state index in [1.807, 2.05) is 6.92 Å². The Bertz CT molecular complexity index is 1190. The molecule has 0 radical (unpaired) electrons. The average molecular weight is 599 g/mol. The van der Waals surface area contributed by atoms with E-state index in [1.54, 1.807) is 6.92 Å². The maximum absolute atomic E-state index is 13.1. The fraction of sp³-hybridized carbons (Fsp3) is 0.865. The van der Waals surface area contributed by atoms with Crippen molar-refractivity contribution in [2.45, 2.75) is 139 Å². The molecule has 0 aromatic heterocycles. The Labute approximate surface area is 259 Å². The van der Waals surface area contributed by atoms with E-state index in [1.165, 1.54) is 0 Å². The van der Waals surface area contributed by atoms with Crippen LogP contribution in [0.25, 0.3) is 0 Å². The van der Waals surface area contributed by atoms with Gasteiger partial charge in [-0.05, 0) is 130 Å². The van der Waals surface area contributed by atoms with Gasteiger partial charge in [0.1, 0.15) is 6.10 Å². The molecule has 0 aliphatic heterocycles. The van der Waals surface area contributed by atoms with Crippen LogP contribution in [0.3, 0.4) is 0 Å². The zero-order chi connectivity index (χ0) is 32.0. The number of carboxylic acid groups (broad SMARTS) is 2. The first-order valence-electron chi connectivity index (χ1n) is 17.2. The van der Waals surface area contributed by atoms with E-state index in [2.05, 4.69) is 48.1 Å². The van der Waals surface area contributed by atoms with Crippen LogP contribution in [0.2, 0.25) is 0 Å². The molecule has 0 saturated heterocycles. The summed E-state index contributed by atoms with van der Waals surface area (Å²) >= 11 is 0. The normalized spacial score (nSPS) is 46.2. The molecule has 0 aromatic rings. The summed E-state index contributed by atoms with van der Waals surface area (Å²) in [4.78, 5) is 37.9. The Morgan fingerprint density at radius 1 is 0.860 bits per heavy atom. The summed E-state index contributed by atoms with van der Waals surface area (Å²) in [7, 11) is 0. The second-order valence-corrected chi connectivity index (χ2v) is 17.4. The van der Waals surface area contributed by atoms with Gasteiger partial charge in [0.15, 0.2) is 0 Å². The van der Waals surface area contributed by atoms with E-state index in [-0.39, 0.29) is 40.1 Å². The minimum absolute atomic E-state index is 0.0838. The summed E-state index contributed by atoms with van der Waals surface area (Å²) in [5, 5.41) is 20.3. The van der Waals surface area contributed by atoms with Gasteiger partial charge in [0.25, 0.3) is 0 Å². The van der Waals surface area contributed by atoms with Crippen LogP contribution in [0.5, 0.6) is 0 Å². The summed E-state index contributed by atoms with van der Waals surface area (Å²) in [6.45, 7) is 22.1. The fourth-order valence-electron chi connectivity index (χ4n) is 12.6. The molecule has 0 spiro atoms. The van der Waals surface area contributed by atoms with Crippen LogP contribution in [0.4, 0.5) is 0 Å². The number of carbonyl (C=O) groups is 3. The lowest BCUT2D eigenvalue weighted by atomic mass is 9.32. The molecular weight excluding hydrogens is 540 g/mol. The Balaban J connectivity index is 1.41. The molecule has 5 aliphatic carbocycles. The summed E-state index contributed by atoms with van der Waals surface area (Å²) in [5.74, 6) is -0.114. The quantitative estimate of drug-likeness (QED) is 0.225. The number of ether oxygens (including phenoxy) is 1. The molecule has 6 heteroatoms. The Hall–Kier alpha value is -1.85. The molecule has 5 fully saturated rings. The van der Waals surface area contributed by atoms with Gasteiger partial charge in [0.05, 0.1) is 17.3 Å². The molecule has 11 atom stereocenters. The van der Waals surface area contributed by atoms with Crippen molar-refractivity contribution in [3.63, 3.8) is 0 Å². The molecule has 0 bridgehead atoms. The van der Waals surface area contributed by atoms with Crippen LogP contribution < -0.4 is 0 Å². The number of aliphatic carboxylic acids is 2. The fourth-order valence-corrected chi connectivity index (χ4v) is 12.6. The highest BCUT2D eigenvalue weighted by atomic mass is 16.5. The van der Waals surface area contributed by atoms with E-state index in [9.17, 15) is 24.6 Å². The van der Waals surface area contributed by atoms with Crippen LogP contribution in [-0.4, -0.2) is 34.2 Å². The lowest BCUT2D eigenvalue weighted by molar-refractivity contribution is -0.250. The van der Waals surface area contributed by atoms with Crippen molar-refractivity contribution in [1.82, 2.24) is 0 Å². The van der Waals surface area contributed by atoms with Gasteiger partial charge < -0.3 is 14.9 Å². The van der Waals surface area contributed by atoms with Crippen LogP contribution in [0.15, 0.2) is 12.2 Å². The Kier molecular flexibility index (Phi) is 7.82. The van der Waals surface area contributed by atoms with E-state index in [0.29, 0.717) is 30.1 Å². The molecule has 5 saturated carbocycles. The van der Waals surface area contributed by atoms with Gasteiger partial charge in [-0.3, -0.25) is 14.4 Å². The van der Waals surface area contributed by atoms with Crippen molar-refractivity contribution in [3.05, 3.63) is 12.2 Å². The number of fused-ring (bicyclic) bond motifs is 7. The van der Waals surface area contributed by atoms with Gasteiger partial charge in [-0.15, -0.1) is 0 Å². The molecule has 5 aliphatic rings. The zero-order valence-electron chi connectivity index (χ0n) is 28.2. The molecule has 242 valence electrons. The number of allylic oxidation sites excluding steroid dienone is 1. The predicted molar refractivity (Wildman–Crippen MR) is 167 cm³/mol. The standard InChI is InChI=1S/C37H58O6/c1-10-33(6,30(39)40)21-28(38)43-27-15-16-34(7)25(32(27,4)5)14-17-36(9)26(34)12-11-24-29-23(22(2)3)13-18-37(29,31(41)42)20-19-35(24,36)8/h23-27,29H,2,10-21H2,1,3-9H3,(H,39,40)(H,41,42)/t23-,24+,25-,26+,27-,29+,33?,34-,35+,36+,37-/m0/s1. The van der Waals surface area contributed by atoms with Crippen molar-refractivity contribution < 1.29 is 29.3 Å². The monoisotopic (exact) mass is 598 g/mol. The molecular formula is C37H58O6. The maximum atomic E-state index is 13.1. The molecule has 0 heterocycles. The Morgan fingerprint density at radius 2 is 1.53 bits per heavy atom. The van der Waals surface area contributed by atoms with Crippen LogP contribution >= 0.6 is 0 Å². The number of esters is 1. The lowest BCUT2D eigenvalue weighted by Gasteiger charge is -2.72. The first-order chi connectivity index (χ1) is 19.8. The number of rotatable bonds is 7. The van der Waals surface area contributed by atoms with Crippen LogP contribution in [-0.2, 0) is 19.1 Å². The predicted octanol–water partition coefficient (Wildman–Crippen LogP) is 8.53. The number of hydrogen-bond acceptors (Lipinski definition) is 4. The Morgan fingerprint density at radius 3 is 2.12 bits per heavy atom. The van der Waals surface area contributed by atoms with Gasteiger partial charge in [-0.1, -0.05) is 53.7 Å². The summed E-state index contributed by atoms with van der Waals surface area (Å²) < 4.78 is 6.16. The molecule has 5 rings (SSSR count). The second kappa shape index (κ2) is 10.3. The van der Waals surface area contributed by atoms with Gasteiger partial charge in [-0.25, -0.2) is 0 Å². The minimum Gasteiger partial charge on any atom is -0.481 e. The lowest BCUT2D eigenvalue weighted by Crippen LogP contribution is -2.67. The topological polar surface area (TPSA) is 101 Å². The first-order valence-corrected chi connectivity index (χ1v) is 17.2. The third-order valence-electron chi connectivity index (χ3n) is 15.5. The molecule has 0 aromatic carbocycles. The highest BCUT2D eigenvalue weighted by molar-refractivity contribution is 5.82. The van der Waals surface area contributed by atoms with E-state index in [4.69, 9.17) is 4.74 Å². The SMILES string of the molecule is C=C(C)[C@@H]1CC[C@]2(C(=O)O)CC[C@]3(C)[C@H](CC[C@@H]4[C@@]5(C)CC[C@H](OC(=O)CC(C)(CC)C(=O)O)C(C)(C)[C@@H]5CC[C@]43C)[C@@H]12. The van der Waals surface area contributed by atoms with Gasteiger partial charge >= 0.3 is 17.9 Å². The summed E-state index contributed by atoms with van der Waals surface area (Å²) in [5.41, 5.74) is -0.440. The molecule has 43 heavy (non-hydrogen) atoms.